The zero-order valence-corrected chi connectivity index (χ0v) is 20.6. The van der Waals surface area contributed by atoms with Crippen LogP contribution in [0, 0.1) is 13.8 Å². The van der Waals surface area contributed by atoms with Crippen LogP contribution in [0.2, 0.25) is 0 Å². The summed E-state index contributed by atoms with van der Waals surface area (Å²) in [6.45, 7) is 8.92. The van der Waals surface area contributed by atoms with E-state index in [9.17, 15) is 0 Å². The molecule has 0 saturated heterocycles. The van der Waals surface area contributed by atoms with Crippen LogP contribution in [0.15, 0.2) is 96.0 Å². The van der Waals surface area contributed by atoms with Gasteiger partial charge in [0, 0.05) is 35.1 Å². The molecule has 0 spiro atoms. The molecule has 3 aromatic heterocycles. The summed E-state index contributed by atoms with van der Waals surface area (Å²) in [4.78, 5) is 4.90. The lowest BCUT2D eigenvalue weighted by molar-refractivity contribution is 0.926. The average molecular weight is 478 g/mol. The molecular weight excluding hydrogens is 450 g/mol. The van der Waals surface area contributed by atoms with Crippen molar-refractivity contribution >= 4 is 34.6 Å². The Labute approximate surface area is 209 Å². The molecule has 0 saturated carbocycles. The number of aryl methyl sites for hydroxylation is 2. The lowest BCUT2D eigenvalue weighted by Gasteiger charge is -2.13. The van der Waals surface area contributed by atoms with Crippen molar-refractivity contribution in [2.75, 3.05) is 10.6 Å². The Balaban J connectivity index is 1.35. The smallest absolute Gasteiger partial charge is 0.160 e. The van der Waals surface area contributed by atoms with Gasteiger partial charge in [-0.25, -0.2) is 4.98 Å². The van der Waals surface area contributed by atoms with E-state index in [1.807, 2.05) is 48.0 Å². The predicted molar refractivity (Wildman–Crippen MR) is 148 cm³/mol. The molecule has 0 radical (unpaired) electrons. The Bertz CT molecular complexity index is 1510. The highest BCUT2D eigenvalue weighted by Gasteiger charge is 2.12. The molecule has 0 aliphatic carbocycles. The fourth-order valence-electron chi connectivity index (χ4n) is 3.94. The SMILES string of the molecule is C=C(/C=C/c1ccsc1)Nc1cccc(CNc2cc(-c3ccccc3C)nc3c(C)cnn23)c1. The number of hydrogen-bond acceptors (Lipinski definition) is 5. The van der Waals surface area contributed by atoms with Crippen LogP contribution in [-0.2, 0) is 6.54 Å². The van der Waals surface area contributed by atoms with Gasteiger partial charge in [0.15, 0.2) is 5.65 Å². The van der Waals surface area contributed by atoms with Gasteiger partial charge in [0.25, 0.3) is 0 Å². The molecule has 2 aromatic carbocycles. The van der Waals surface area contributed by atoms with Crippen molar-refractivity contribution in [1.82, 2.24) is 14.6 Å². The van der Waals surface area contributed by atoms with E-state index in [0.717, 1.165) is 45.2 Å². The van der Waals surface area contributed by atoms with Gasteiger partial charge in [0.05, 0.1) is 11.9 Å². The van der Waals surface area contributed by atoms with Crippen molar-refractivity contribution in [3.05, 3.63) is 118 Å². The molecule has 5 nitrogen and oxygen atoms in total. The number of nitrogens with zero attached hydrogens (tertiary/aromatic N) is 3. The van der Waals surface area contributed by atoms with Crippen molar-refractivity contribution in [2.45, 2.75) is 20.4 Å². The third-order valence-electron chi connectivity index (χ3n) is 5.79. The minimum Gasteiger partial charge on any atom is -0.366 e. The van der Waals surface area contributed by atoms with Crippen LogP contribution in [0.25, 0.3) is 23.0 Å². The maximum absolute atomic E-state index is 4.90. The number of fused-ring (bicyclic) bond motifs is 1. The lowest BCUT2D eigenvalue weighted by atomic mass is 10.1. The van der Waals surface area contributed by atoms with Crippen LogP contribution in [0.4, 0.5) is 11.5 Å². The normalized spacial score (nSPS) is 11.3. The van der Waals surface area contributed by atoms with Gasteiger partial charge < -0.3 is 10.6 Å². The van der Waals surface area contributed by atoms with E-state index < -0.39 is 0 Å². The first kappa shape index (κ1) is 22.6. The van der Waals surface area contributed by atoms with E-state index in [1.165, 1.54) is 11.1 Å². The zero-order valence-electron chi connectivity index (χ0n) is 19.8. The summed E-state index contributed by atoms with van der Waals surface area (Å²) >= 11 is 1.68. The fraction of sp³-hybridized carbons (Fsp3) is 0.103. The van der Waals surface area contributed by atoms with Crippen molar-refractivity contribution in [3.8, 4) is 11.3 Å². The highest BCUT2D eigenvalue weighted by atomic mass is 32.1. The van der Waals surface area contributed by atoms with E-state index in [-0.39, 0.29) is 0 Å². The first-order valence-corrected chi connectivity index (χ1v) is 12.4. The number of allylic oxidation sites excluding steroid dienone is 1. The van der Waals surface area contributed by atoms with Crippen molar-refractivity contribution in [3.63, 3.8) is 0 Å². The summed E-state index contributed by atoms with van der Waals surface area (Å²) in [5.41, 5.74) is 9.33. The summed E-state index contributed by atoms with van der Waals surface area (Å²) in [5.74, 6) is 0.905. The van der Waals surface area contributed by atoms with Gasteiger partial charge in [0.1, 0.15) is 5.82 Å². The Morgan fingerprint density at radius 2 is 1.94 bits per heavy atom. The summed E-state index contributed by atoms with van der Waals surface area (Å²) in [6.07, 6.45) is 5.91. The Hall–Kier alpha value is -4.16. The second kappa shape index (κ2) is 9.99. The second-order valence-electron chi connectivity index (χ2n) is 8.50. The molecule has 35 heavy (non-hydrogen) atoms. The molecular formula is C29H27N5S. The molecule has 0 fully saturated rings. The van der Waals surface area contributed by atoms with E-state index in [2.05, 4.69) is 82.5 Å². The number of benzene rings is 2. The highest BCUT2D eigenvalue weighted by Crippen LogP contribution is 2.26. The third kappa shape index (κ3) is 5.18. The Kier molecular flexibility index (Phi) is 6.46. The number of hydrogen-bond donors (Lipinski definition) is 2. The van der Waals surface area contributed by atoms with Gasteiger partial charge in [0.2, 0.25) is 0 Å². The molecule has 3 heterocycles. The van der Waals surface area contributed by atoms with Crippen LogP contribution < -0.4 is 10.6 Å². The van der Waals surface area contributed by atoms with Gasteiger partial charge >= 0.3 is 0 Å². The molecule has 2 N–H and O–H groups in total. The van der Waals surface area contributed by atoms with Crippen molar-refractivity contribution < 1.29 is 0 Å². The van der Waals surface area contributed by atoms with Crippen molar-refractivity contribution in [2.24, 2.45) is 0 Å². The number of rotatable bonds is 8. The quantitative estimate of drug-likeness (QED) is 0.230. The summed E-state index contributed by atoms with van der Waals surface area (Å²) < 4.78 is 1.87. The Morgan fingerprint density at radius 1 is 1.06 bits per heavy atom. The van der Waals surface area contributed by atoms with Gasteiger partial charge in [-0.2, -0.15) is 21.0 Å². The van der Waals surface area contributed by atoms with E-state index in [4.69, 9.17) is 4.98 Å². The molecule has 6 heteroatoms. The van der Waals surface area contributed by atoms with Crippen LogP contribution in [0.1, 0.15) is 22.3 Å². The summed E-state index contributed by atoms with van der Waals surface area (Å²) in [5, 5.41) is 15.7. The summed E-state index contributed by atoms with van der Waals surface area (Å²) in [7, 11) is 0. The third-order valence-corrected chi connectivity index (χ3v) is 6.50. The number of anilines is 2. The maximum Gasteiger partial charge on any atom is 0.160 e. The maximum atomic E-state index is 4.90. The van der Waals surface area contributed by atoms with Crippen molar-refractivity contribution in [1.29, 1.82) is 0 Å². The molecule has 0 bridgehead atoms. The van der Waals surface area contributed by atoms with Gasteiger partial charge in [-0.1, -0.05) is 49.1 Å². The molecule has 0 aliphatic rings. The number of nitrogens with one attached hydrogen (secondary N) is 2. The molecule has 174 valence electrons. The molecule has 0 unspecified atom stereocenters. The fourth-order valence-corrected chi connectivity index (χ4v) is 4.57. The number of aromatic nitrogens is 3. The standard InChI is InChI=1S/C29H27N5S/c1-20-7-4-5-10-26(20)27-16-28(34-29(33-27)21(2)17-31-34)30-18-24-8-6-9-25(15-24)32-22(3)11-12-23-13-14-35-19-23/h4-17,19,30,32H,3,18H2,1-2H3/b12-11+. The zero-order chi connectivity index (χ0) is 24.2. The van der Waals surface area contributed by atoms with E-state index in [1.54, 1.807) is 11.3 Å². The Morgan fingerprint density at radius 3 is 2.77 bits per heavy atom. The highest BCUT2D eigenvalue weighted by molar-refractivity contribution is 7.08. The van der Waals surface area contributed by atoms with Gasteiger partial charge in [-0.05, 0) is 65.6 Å². The van der Waals surface area contributed by atoms with Crippen LogP contribution in [0.5, 0.6) is 0 Å². The molecule has 0 atom stereocenters. The first-order valence-electron chi connectivity index (χ1n) is 11.5. The monoisotopic (exact) mass is 477 g/mol. The largest absolute Gasteiger partial charge is 0.366 e. The van der Waals surface area contributed by atoms with E-state index >= 15 is 0 Å². The van der Waals surface area contributed by atoms with Gasteiger partial charge in [-0.3, -0.25) is 0 Å². The average Bonchev–Trinajstić information content (AvgIpc) is 3.52. The van der Waals surface area contributed by atoms with Crippen LogP contribution >= 0.6 is 11.3 Å². The van der Waals surface area contributed by atoms with Gasteiger partial charge in [-0.15, -0.1) is 0 Å². The number of thiophene rings is 1. The van der Waals surface area contributed by atoms with Crippen LogP contribution in [0.3, 0.4) is 0 Å². The molecule has 0 aliphatic heterocycles. The first-order chi connectivity index (χ1) is 17.1. The second-order valence-corrected chi connectivity index (χ2v) is 9.28. The molecule has 0 amide bonds. The molecule has 5 rings (SSSR count). The lowest BCUT2D eigenvalue weighted by Crippen LogP contribution is -2.07. The summed E-state index contributed by atoms with van der Waals surface area (Å²) in [6, 6.07) is 20.8. The van der Waals surface area contributed by atoms with E-state index in [0.29, 0.717) is 6.54 Å². The minimum absolute atomic E-state index is 0.651. The molecule has 5 aromatic rings. The minimum atomic E-state index is 0.651. The van der Waals surface area contributed by atoms with Crippen LogP contribution in [-0.4, -0.2) is 14.6 Å². The topological polar surface area (TPSA) is 54.2 Å². The predicted octanol–water partition coefficient (Wildman–Crippen LogP) is 7.33.